The lowest BCUT2D eigenvalue weighted by Gasteiger charge is -2.04. The van der Waals surface area contributed by atoms with E-state index in [9.17, 15) is 9.18 Å². The molecule has 0 bridgehead atoms. The topological polar surface area (TPSA) is 42.2 Å². The molecule has 1 aromatic carbocycles. The molecule has 1 N–H and O–H groups in total. The lowest BCUT2D eigenvalue weighted by Crippen LogP contribution is -2.22. The minimum atomic E-state index is -0.445. The van der Waals surface area contributed by atoms with Crippen LogP contribution in [-0.4, -0.2) is 5.91 Å². The van der Waals surface area contributed by atoms with Crippen molar-refractivity contribution in [3.63, 3.8) is 0 Å². The number of rotatable bonds is 3. The molecule has 0 radical (unpaired) electrons. The molecule has 5 heteroatoms. The third-order valence-electron chi connectivity index (χ3n) is 2.24. The first-order chi connectivity index (χ1) is 8.16. The molecule has 0 aliphatic heterocycles. The normalized spacial score (nSPS) is 10.2. The summed E-state index contributed by atoms with van der Waals surface area (Å²) >= 11 is 3.92. The van der Waals surface area contributed by atoms with Gasteiger partial charge in [-0.2, -0.15) is 0 Å². The lowest BCUT2D eigenvalue weighted by molar-refractivity contribution is 0.0950. The molecule has 0 unspecified atom stereocenters. The van der Waals surface area contributed by atoms with E-state index < -0.39 is 5.82 Å². The minimum absolute atomic E-state index is 0.154. The third kappa shape index (κ3) is 2.88. The van der Waals surface area contributed by atoms with Gasteiger partial charge in [-0.1, -0.05) is 0 Å². The van der Waals surface area contributed by atoms with E-state index in [0.29, 0.717) is 12.1 Å². The Labute approximate surface area is 103 Å². The van der Waals surface area contributed by atoms with Crippen LogP contribution in [0.15, 0.2) is 46.1 Å². The quantitative estimate of drug-likeness (QED) is 0.823. The van der Waals surface area contributed by atoms with Crippen molar-refractivity contribution in [1.82, 2.24) is 5.32 Å². The SMILES string of the molecule is O=C(NCc1ccoc1)c1ccc(F)c(S)c1. The molecule has 2 rings (SSSR count). The Hall–Kier alpha value is -1.75. The molecule has 1 amide bonds. The molecule has 1 aromatic heterocycles. The van der Waals surface area contributed by atoms with Crippen molar-refractivity contribution in [2.45, 2.75) is 11.4 Å². The number of thiol groups is 1. The predicted molar refractivity (Wildman–Crippen MR) is 63.5 cm³/mol. The Balaban J connectivity index is 2.02. The summed E-state index contributed by atoms with van der Waals surface area (Å²) in [5.74, 6) is -0.721. The van der Waals surface area contributed by atoms with Gasteiger partial charge < -0.3 is 9.73 Å². The van der Waals surface area contributed by atoms with Crippen LogP contribution in [0, 0.1) is 5.82 Å². The van der Waals surface area contributed by atoms with E-state index >= 15 is 0 Å². The van der Waals surface area contributed by atoms with E-state index in [-0.39, 0.29) is 10.8 Å². The van der Waals surface area contributed by atoms with E-state index in [4.69, 9.17) is 4.42 Å². The summed E-state index contributed by atoms with van der Waals surface area (Å²) in [5, 5.41) is 2.69. The fourth-order valence-electron chi connectivity index (χ4n) is 1.33. The third-order valence-corrected chi connectivity index (χ3v) is 2.58. The second-order valence-electron chi connectivity index (χ2n) is 3.48. The van der Waals surface area contributed by atoms with E-state index in [2.05, 4.69) is 17.9 Å². The largest absolute Gasteiger partial charge is 0.472 e. The van der Waals surface area contributed by atoms with Gasteiger partial charge in [0.2, 0.25) is 0 Å². The number of hydrogen-bond acceptors (Lipinski definition) is 3. The van der Waals surface area contributed by atoms with Crippen molar-refractivity contribution in [2.75, 3.05) is 0 Å². The number of carbonyl (C=O) groups is 1. The van der Waals surface area contributed by atoms with E-state index in [1.807, 2.05) is 0 Å². The maximum Gasteiger partial charge on any atom is 0.251 e. The van der Waals surface area contributed by atoms with Crippen molar-refractivity contribution < 1.29 is 13.6 Å². The van der Waals surface area contributed by atoms with Gasteiger partial charge in [0.15, 0.2) is 0 Å². The first-order valence-electron chi connectivity index (χ1n) is 4.94. The van der Waals surface area contributed by atoms with Crippen molar-refractivity contribution in [2.24, 2.45) is 0 Å². The molecular formula is C12H10FNO2S. The maximum atomic E-state index is 13.0. The van der Waals surface area contributed by atoms with Crippen LogP contribution in [0.5, 0.6) is 0 Å². The molecule has 0 saturated carbocycles. The second-order valence-corrected chi connectivity index (χ2v) is 3.96. The molecule has 17 heavy (non-hydrogen) atoms. The van der Waals surface area contributed by atoms with E-state index in [1.165, 1.54) is 24.5 Å². The van der Waals surface area contributed by atoms with Crippen LogP contribution in [0.3, 0.4) is 0 Å². The standard InChI is InChI=1S/C12H10FNO2S/c13-10-2-1-9(5-11(10)17)12(15)14-6-8-3-4-16-7-8/h1-5,7,17H,6H2,(H,14,15). The zero-order valence-electron chi connectivity index (χ0n) is 8.81. The van der Waals surface area contributed by atoms with Gasteiger partial charge in [-0.15, -0.1) is 12.6 Å². The number of furan rings is 1. The van der Waals surface area contributed by atoms with Crippen molar-refractivity contribution in [1.29, 1.82) is 0 Å². The van der Waals surface area contributed by atoms with Crippen molar-refractivity contribution in [3.8, 4) is 0 Å². The van der Waals surface area contributed by atoms with Crippen LogP contribution in [0.1, 0.15) is 15.9 Å². The average Bonchev–Trinajstić information content (AvgIpc) is 2.82. The monoisotopic (exact) mass is 251 g/mol. The van der Waals surface area contributed by atoms with Crippen LogP contribution < -0.4 is 5.32 Å². The van der Waals surface area contributed by atoms with Crippen LogP contribution in [-0.2, 0) is 6.54 Å². The van der Waals surface area contributed by atoms with Crippen LogP contribution in [0.25, 0.3) is 0 Å². The number of benzene rings is 1. The number of hydrogen-bond donors (Lipinski definition) is 2. The smallest absolute Gasteiger partial charge is 0.251 e. The molecule has 3 nitrogen and oxygen atoms in total. The van der Waals surface area contributed by atoms with Gasteiger partial charge in [-0.3, -0.25) is 4.79 Å². The minimum Gasteiger partial charge on any atom is -0.472 e. The molecule has 88 valence electrons. The highest BCUT2D eigenvalue weighted by Crippen LogP contribution is 2.14. The highest BCUT2D eigenvalue weighted by molar-refractivity contribution is 7.80. The fraction of sp³-hybridized carbons (Fsp3) is 0.0833. The second kappa shape index (κ2) is 5.05. The fourth-order valence-corrected chi connectivity index (χ4v) is 1.55. The van der Waals surface area contributed by atoms with Gasteiger partial charge in [-0.25, -0.2) is 4.39 Å². The van der Waals surface area contributed by atoms with Crippen LogP contribution in [0.2, 0.25) is 0 Å². The summed E-state index contributed by atoms with van der Waals surface area (Å²) in [7, 11) is 0. The molecule has 0 atom stereocenters. The zero-order valence-corrected chi connectivity index (χ0v) is 9.71. The molecule has 0 fully saturated rings. The van der Waals surface area contributed by atoms with Crippen LogP contribution >= 0.6 is 12.6 Å². The summed E-state index contributed by atoms with van der Waals surface area (Å²) < 4.78 is 17.8. The molecular weight excluding hydrogens is 241 g/mol. The Morgan fingerprint density at radius 3 is 2.88 bits per heavy atom. The first kappa shape index (κ1) is 11.7. The van der Waals surface area contributed by atoms with Gasteiger partial charge in [0.1, 0.15) is 5.82 Å². The van der Waals surface area contributed by atoms with E-state index in [0.717, 1.165) is 5.56 Å². The zero-order chi connectivity index (χ0) is 12.3. The van der Waals surface area contributed by atoms with Gasteiger partial charge in [-0.05, 0) is 24.3 Å². The maximum absolute atomic E-state index is 13.0. The molecule has 0 spiro atoms. The number of carbonyl (C=O) groups excluding carboxylic acids is 1. The lowest BCUT2D eigenvalue weighted by atomic mass is 10.2. The predicted octanol–water partition coefficient (Wildman–Crippen LogP) is 2.64. The highest BCUT2D eigenvalue weighted by atomic mass is 32.1. The number of nitrogens with one attached hydrogen (secondary N) is 1. The summed E-state index contributed by atoms with van der Waals surface area (Å²) in [6, 6.07) is 5.78. The van der Waals surface area contributed by atoms with Crippen molar-refractivity contribution >= 4 is 18.5 Å². The Morgan fingerprint density at radius 2 is 2.24 bits per heavy atom. The summed E-state index contributed by atoms with van der Waals surface area (Å²) in [6.07, 6.45) is 3.08. The summed E-state index contributed by atoms with van der Waals surface area (Å²) in [4.78, 5) is 11.9. The van der Waals surface area contributed by atoms with Gasteiger partial charge in [0, 0.05) is 22.6 Å². The molecule has 0 aliphatic rings. The Kier molecular flexibility index (Phi) is 3.49. The summed E-state index contributed by atoms with van der Waals surface area (Å²) in [5.41, 5.74) is 1.24. The van der Waals surface area contributed by atoms with E-state index in [1.54, 1.807) is 12.3 Å². The Morgan fingerprint density at radius 1 is 1.41 bits per heavy atom. The summed E-state index contributed by atoms with van der Waals surface area (Å²) in [6.45, 7) is 0.370. The van der Waals surface area contributed by atoms with Gasteiger partial charge in [0.05, 0.1) is 12.5 Å². The van der Waals surface area contributed by atoms with Gasteiger partial charge >= 0.3 is 0 Å². The van der Waals surface area contributed by atoms with Gasteiger partial charge in [0.25, 0.3) is 5.91 Å². The Bertz CT molecular complexity index is 525. The highest BCUT2D eigenvalue weighted by Gasteiger charge is 2.07. The number of amides is 1. The molecule has 0 aliphatic carbocycles. The number of halogens is 1. The molecule has 0 saturated heterocycles. The molecule has 2 aromatic rings. The van der Waals surface area contributed by atoms with Crippen LogP contribution in [0.4, 0.5) is 4.39 Å². The van der Waals surface area contributed by atoms with Crippen molar-refractivity contribution in [3.05, 3.63) is 53.7 Å². The molecule has 1 heterocycles. The first-order valence-corrected chi connectivity index (χ1v) is 5.39. The average molecular weight is 251 g/mol.